The number of rotatable bonds is 4. The van der Waals surface area contributed by atoms with Crippen LogP contribution in [-0.4, -0.2) is 24.4 Å². The van der Waals surface area contributed by atoms with E-state index in [1.807, 2.05) is 6.92 Å². The van der Waals surface area contributed by atoms with Gasteiger partial charge in [0.25, 0.3) is 5.88 Å². The second-order valence-corrected chi connectivity index (χ2v) is 3.97. The van der Waals surface area contributed by atoms with Gasteiger partial charge in [-0.25, -0.2) is 9.37 Å². The molecular formula is C11H16FNO2. The Morgan fingerprint density at radius 3 is 2.60 bits per heavy atom. The molecule has 0 radical (unpaired) electrons. The molecule has 0 amide bonds. The Labute approximate surface area is 89.2 Å². The average molecular weight is 213 g/mol. The predicted molar refractivity (Wildman–Crippen MR) is 56.2 cm³/mol. The van der Waals surface area contributed by atoms with Gasteiger partial charge >= 0.3 is 0 Å². The van der Waals surface area contributed by atoms with Crippen LogP contribution in [0.2, 0.25) is 0 Å². The molecule has 3 nitrogen and oxygen atoms in total. The van der Waals surface area contributed by atoms with E-state index < -0.39 is 5.67 Å². The standard InChI is InChI=1S/C11H16FNO2/c1-8-5-6-9(10(13-8)14-4)15-7-11(2,3)12/h5-6H,7H2,1-4H3. The van der Waals surface area contributed by atoms with Crippen LogP contribution >= 0.6 is 0 Å². The molecule has 0 aliphatic rings. The molecule has 1 heterocycles. The largest absolute Gasteiger partial charge is 0.485 e. The highest BCUT2D eigenvalue weighted by Crippen LogP contribution is 2.25. The molecule has 0 unspecified atom stereocenters. The summed E-state index contributed by atoms with van der Waals surface area (Å²) in [4.78, 5) is 4.12. The highest BCUT2D eigenvalue weighted by molar-refractivity contribution is 5.34. The van der Waals surface area contributed by atoms with Crippen LogP contribution < -0.4 is 9.47 Å². The first kappa shape index (κ1) is 11.8. The molecular weight excluding hydrogens is 197 g/mol. The summed E-state index contributed by atoms with van der Waals surface area (Å²) in [6, 6.07) is 3.52. The Kier molecular flexibility index (Phi) is 3.50. The van der Waals surface area contributed by atoms with Crippen LogP contribution in [-0.2, 0) is 0 Å². The Morgan fingerprint density at radius 2 is 2.07 bits per heavy atom. The fraction of sp³-hybridized carbons (Fsp3) is 0.545. The van der Waals surface area contributed by atoms with Gasteiger partial charge in [0.15, 0.2) is 5.75 Å². The molecule has 0 fully saturated rings. The second kappa shape index (κ2) is 4.47. The molecule has 0 aliphatic carbocycles. The number of alkyl halides is 1. The molecule has 1 aromatic rings. The first-order valence-electron chi connectivity index (χ1n) is 4.76. The number of methoxy groups -OCH3 is 1. The number of nitrogens with zero attached hydrogens (tertiary/aromatic N) is 1. The molecule has 0 aromatic carbocycles. The summed E-state index contributed by atoms with van der Waals surface area (Å²) >= 11 is 0. The Bertz CT molecular complexity index is 334. The highest BCUT2D eigenvalue weighted by Gasteiger charge is 2.18. The molecule has 0 bridgehead atoms. The number of pyridine rings is 1. The van der Waals surface area contributed by atoms with Gasteiger partial charge in [0, 0.05) is 5.69 Å². The van der Waals surface area contributed by atoms with Crippen molar-refractivity contribution >= 4 is 0 Å². The van der Waals surface area contributed by atoms with Gasteiger partial charge in [-0.05, 0) is 32.9 Å². The van der Waals surface area contributed by atoms with Crippen LogP contribution in [0, 0.1) is 6.92 Å². The minimum Gasteiger partial charge on any atom is -0.485 e. The molecule has 0 atom stereocenters. The number of aryl methyl sites for hydroxylation is 1. The van der Waals surface area contributed by atoms with Crippen LogP contribution in [0.25, 0.3) is 0 Å². The van der Waals surface area contributed by atoms with E-state index in [0.717, 1.165) is 5.69 Å². The maximum atomic E-state index is 13.2. The lowest BCUT2D eigenvalue weighted by atomic mass is 10.2. The van der Waals surface area contributed by atoms with Crippen molar-refractivity contribution in [1.82, 2.24) is 4.98 Å². The topological polar surface area (TPSA) is 31.4 Å². The van der Waals surface area contributed by atoms with Crippen molar-refractivity contribution in [3.8, 4) is 11.6 Å². The monoisotopic (exact) mass is 213 g/mol. The maximum Gasteiger partial charge on any atom is 0.256 e. The summed E-state index contributed by atoms with van der Waals surface area (Å²) in [7, 11) is 1.51. The van der Waals surface area contributed by atoms with E-state index in [1.165, 1.54) is 21.0 Å². The summed E-state index contributed by atoms with van der Waals surface area (Å²) in [5.74, 6) is 0.855. The average Bonchev–Trinajstić information content (AvgIpc) is 2.14. The van der Waals surface area contributed by atoms with Gasteiger partial charge in [0.1, 0.15) is 12.3 Å². The van der Waals surface area contributed by atoms with E-state index in [2.05, 4.69) is 4.98 Å². The van der Waals surface area contributed by atoms with Gasteiger partial charge in [0.2, 0.25) is 0 Å². The SMILES string of the molecule is COc1nc(C)ccc1OCC(C)(C)F. The summed E-state index contributed by atoms with van der Waals surface area (Å²) in [5.41, 5.74) is -0.533. The van der Waals surface area contributed by atoms with Crippen LogP contribution in [0.5, 0.6) is 11.6 Å². The molecule has 0 spiro atoms. The normalized spacial score (nSPS) is 11.3. The zero-order valence-electron chi connectivity index (χ0n) is 9.50. The molecule has 0 N–H and O–H groups in total. The third-order valence-electron chi connectivity index (χ3n) is 1.73. The van der Waals surface area contributed by atoms with E-state index in [4.69, 9.17) is 9.47 Å². The Balaban J connectivity index is 2.76. The quantitative estimate of drug-likeness (QED) is 0.770. The number of hydrogen-bond acceptors (Lipinski definition) is 3. The first-order valence-corrected chi connectivity index (χ1v) is 4.76. The van der Waals surface area contributed by atoms with Crippen molar-refractivity contribution in [3.63, 3.8) is 0 Å². The van der Waals surface area contributed by atoms with Gasteiger partial charge in [-0.3, -0.25) is 0 Å². The fourth-order valence-electron chi connectivity index (χ4n) is 1.03. The lowest BCUT2D eigenvalue weighted by molar-refractivity contribution is 0.117. The van der Waals surface area contributed by atoms with Crippen molar-refractivity contribution in [1.29, 1.82) is 0 Å². The molecule has 1 aromatic heterocycles. The maximum absolute atomic E-state index is 13.2. The minimum absolute atomic E-state index is 0.0197. The molecule has 15 heavy (non-hydrogen) atoms. The van der Waals surface area contributed by atoms with Gasteiger partial charge in [-0.2, -0.15) is 0 Å². The van der Waals surface area contributed by atoms with Gasteiger partial charge < -0.3 is 9.47 Å². The summed E-state index contributed by atoms with van der Waals surface area (Å²) in [5, 5.41) is 0. The van der Waals surface area contributed by atoms with E-state index in [9.17, 15) is 4.39 Å². The minimum atomic E-state index is -1.37. The van der Waals surface area contributed by atoms with Crippen molar-refractivity contribution in [2.24, 2.45) is 0 Å². The Morgan fingerprint density at radius 1 is 1.40 bits per heavy atom. The van der Waals surface area contributed by atoms with E-state index in [-0.39, 0.29) is 6.61 Å². The number of hydrogen-bond donors (Lipinski definition) is 0. The number of ether oxygens (including phenoxy) is 2. The fourth-order valence-corrected chi connectivity index (χ4v) is 1.03. The predicted octanol–water partition coefficient (Wildman–Crippen LogP) is 2.53. The lowest BCUT2D eigenvalue weighted by Crippen LogP contribution is -2.22. The lowest BCUT2D eigenvalue weighted by Gasteiger charge is -2.16. The van der Waals surface area contributed by atoms with Crippen molar-refractivity contribution in [3.05, 3.63) is 17.8 Å². The van der Waals surface area contributed by atoms with E-state index >= 15 is 0 Å². The number of halogens is 1. The smallest absolute Gasteiger partial charge is 0.256 e. The summed E-state index contributed by atoms with van der Waals surface area (Å²) in [6.45, 7) is 4.75. The molecule has 4 heteroatoms. The van der Waals surface area contributed by atoms with Crippen LogP contribution in [0.3, 0.4) is 0 Å². The number of aromatic nitrogens is 1. The first-order chi connectivity index (χ1) is 6.92. The third-order valence-corrected chi connectivity index (χ3v) is 1.73. The zero-order chi connectivity index (χ0) is 11.5. The second-order valence-electron chi connectivity index (χ2n) is 3.97. The Hall–Kier alpha value is -1.32. The van der Waals surface area contributed by atoms with Crippen molar-refractivity contribution < 1.29 is 13.9 Å². The third kappa shape index (κ3) is 3.73. The van der Waals surface area contributed by atoms with Crippen molar-refractivity contribution in [2.45, 2.75) is 26.4 Å². The highest BCUT2D eigenvalue weighted by atomic mass is 19.1. The van der Waals surface area contributed by atoms with Crippen LogP contribution in [0.15, 0.2) is 12.1 Å². The molecule has 84 valence electrons. The zero-order valence-corrected chi connectivity index (χ0v) is 9.50. The molecule has 0 saturated heterocycles. The van der Waals surface area contributed by atoms with Gasteiger partial charge in [0.05, 0.1) is 7.11 Å². The molecule has 0 saturated carbocycles. The van der Waals surface area contributed by atoms with Crippen LogP contribution in [0.1, 0.15) is 19.5 Å². The van der Waals surface area contributed by atoms with Crippen molar-refractivity contribution in [2.75, 3.05) is 13.7 Å². The molecule has 1 rings (SSSR count). The summed E-state index contributed by atoms with van der Waals surface area (Å²) in [6.07, 6.45) is 0. The van der Waals surface area contributed by atoms with E-state index in [1.54, 1.807) is 12.1 Å². The van der Waals surface area contributed by atoms with Gasteiger partial charge in [-0.1, -0.05) is 0 Å². The van der Waals surface area contributed by atoms with Crippen LogP contribution in [0.4, 0.5) is 4.39 Å². The summed E-state index contributed by atoms with van der Waals surface area (Å²) < 4.78 is 23.5. The molecule has 0 aliphatic heterocycles. The van der Waals surface area contributed by atoms with E-state index in [0.29, 0.717) is 11.6 Å². The van der Waals surface area contributed by atoms with Gasteiger partial charge in [-0.15, -0.1) is 0 Å².